The molecular formula is C20H23ClN2O4. The van der Waals surface area contributed by atoms with Crippen molar-refractivity contribution >= 4 is 23.4 Å². The van der Waals surface area contributed by atoms with Gasteiger partial charge < -0.3 is 20.1 Å². The summed E-state index contributed by atoms with van der Waals surface area (Å²) in [5.41, 5.74) is 1.45. The monoisotopic (exact) mass is 390 g/mol. The third kappa shape index (κ3) is 5.89. The molecule has 0 radical (unpaired) electrons. The molecule has 0 aromatic heterocycles. The largest absolute Gasteiger partial charge is 0.493 e. The van der Waals surface area contributed by atoms with Crippen LogP contribution in [0.3, 0.4) is 0 Å². The maximum absolute atomic E-state index is 12.2. The minimum atomic E-state index is -0.654. The Morgan fingerprint density at radius 2 is 1.70 bits per heavy atom. The van der Waals surface area contributed by atoms with E-state index in [9.17, 15) is 9.59 Å². The zero-order valence-electron chi connectivity index (χ0n) is 15.5. The standard InChI is InChI=1S/C20H23ClN2O4/c1-13(23-20(25)15-5-7-16(21)8-6-15)19(24)22-11-10-14-4-9-17(26-2)18(12-14)27-3/h4-9,12-13H,10-11H2,1-3H3,(H,22,24)(H,23,25). The Kier molecular flexibility index (Phi) is 7.49. The van der Waals surface area contributed by atoms with Crippen LogP contribution >= 0.6 is 11.6 Å². The maximum atomic E-state index is 12.2. The summed E-state index contributed by atoms with van der Waals surface area (Å²) < 4.78 is 10.5. The Morgan fingerprint density at radius 1 is 1.04 bits per heavy atom. The fourth-order valence-electron chi connectivity index (χ4n) is 2.47. The minimum absolute atomic E-state index is 0.252. The average molecular weight is 391 g/mol. The fourth-order valence-corrected chi connectivity index (χ4v) is 2.59. The molecule has 0 aliphatic heterocycles. The number of ether oxygens (including phenoxy) is 2. The Labute approximate surface area is 163 Å². The fraction of sp³-hybridized carbons (Fsp3) is 0.300. The second-order valence-electron chi connectivity index (χ2n) is 5.93. The van der Waals surface area contributed by atoms with Crippen molar-refractivity contribution in [3.05, 3.63) is 58.6 Å². The molecule has 0 heterocycles. The van der Waals surface area contributed by atoms with Crippen molar-refractivity contribution in [3.63, 3.8) is 0 Å². The number of nitrogens with one attached hydrogen (secondary N) is 2. The van der Waals surface area contributed by atoms with Gasteiger partial charge >= 0.3 is 0 Å². The molecule has 6 nitrogen and oxygen atoms in total. The minimum Gasteiger partial charge on any atom is -0.493 e. The predicted octanol–water partition coefficient (Wildman–Crippen LogP) is 2.83. The topological polar surface area (TPSA) is 76.7 Å². The Hall–Kier alpha value is -2.73. The second-order valence-corrected chi connectivity index (χ2v) is 6.37. The molecule has 27 heavy (non-hydrogen) atoms. The second kappa shape index (κ2) is 9.83. The van der Waals surface area contributed by atoms with Gasteiger partial charge in [0.25, 0.3) is 5.91 Å². The summed E-state index contributed by atoms with van der Waals surface area (Å²) in [5.74, 6) is 0.723. The third-order valence-electron chi connectivity index (χ3n) is 4.01. The van der Waals surface area contributed by atoms with Crippen molar-refractivity contribution in [2.24, 2.45) is 0 Å². The van der Waals surface area contributed by atoms with Crippen molar-refractivity contribution in [1.29, 1.82) is 0 Å². The zero-order chi connectivity index (χ0) is 19.8. The van der Waals surface area contributed by atoms with E-state index in [0.717, 1.165) is 5.56 Å². The first-order valence-corrected chi connectivity index (χ1v) is 8.87. The SMILES string of the molecule is COc1ccc(CCNC(=O)C(C)NC(=O)c2ccc(Cl)cc2)cc1OC. The van der Waals surface area contributed by atoms with Crippen molar-refractivity contribution in [1.82, 2.24) is 10.6 Å². The van der Waals surface area contributed by atoms with Gasteiger partial charge in [-0.3, -0.25) is 9.59 Å². The van der Waals surface area contributed by atoms with Crippen LogP contribution in [-0.4, -0.2) is 38.6 Å². The van der Waals surface area contributed by atoms with E-state index in [1.165, 1.54) is 0 Å². The summed E-state index contributed by atoms with van der Waals surface area (Å²) in [5, 5.41) is 6.03. The van der Waals surface area contributed by atoms with Crippen LogP contribution in [0, 0.1) is 0 Å². The van der Waals surface area contributed by atoms with E-state index in [-0.39, 0.29) is 11.8 Å². The number of hydrogen-bond acceptors (Lipinski definition) is 4. The van der Waals surface area contributed by atoms with Crippen molar-refractivity contribution < 1.29 is 19.1 Å². The molecule has 1 unspecified atom stereocenters. The van der Waals surface area contributed by atoms with E-state index in [4.69, 9.17) is 21.1 Å². The van der Waals surface area contributed by atoms with Gasteiger partial charge in [0.15, 0.2) is 11.5 Å². The number of rotatable bonds is 8. The highest BCUT2D eigenvalue weighted by molar-refractivity contribution is 6.30. The molecule has 0 bridgehead atoms. The molecule has 2 rings (SSSR count). The molecule has 1 atom stereocenters. The number of methoxy groups -OCH3 is 2. The lowest BCUT2D eigenvalue weighted by molar-refractivity contribution is -0.122. The lowest BCUT2D eigenvalue weighted by atomic mass is 10.1. The van der Waals surface area contributed by atoms with Gasteiger partial charge in [0.05, 0.1) is 14.2 Å². The number of halogens is 1. The average Bonchev–Trinajstić information content (AvgIpc) is 2.68. The number of benzene rings is 2. The molecule has 0 spiro atoms. The quantitative estimate of drug-likeness (QED) is 0.726. The highest BCUT2D eigenvalue weighted by Gasteiger charge is 2.16. The van der Waals surface area contributed by atoms with Crippen LogP contribution in [0.4, 0.5) is 0 Å². The molecule has 0 fully saturated rings. The first kappa shape index (κ1) is 20.6. The van der Waals surface area contributed by atoms with E-state index >= 15 is 0 Å². The molecule has 0 saturated carbocycles. The molecule has 2 aromatic carbocycles. The molecule has 2 amide bonds. The summed E-state index contributed by atoms with van der Waals surface area (Å²) in [6.07, 6.45) is 0.629. The molecule has 0 saturated heterocycles. The predicted molar refractivity (Wildman–Crippen MR) is 105 cm³/mol. The Morgan fingerprint density at radius 3 is 2.33 bits per heavy atom. The molecule has 2 aromatic rings. The van der Waals surface area contributed by atoms with Crippen LogP contribution < -0.4 is 20.1 Å². The van der Waals surface area contributed by atoms with E-state index in [1.54, 1.807) is 45.4 Å². The Balaban J connectivity index is 1.82. The molecule has 7 heteroatoms. The van der Waals surface area contributed by atoms with Gasteiger partial charge in [-0.1, -0.05) is 17.7 Å². The van der Waals surface area contributed by atoms with Crippen LogP contribution in [0.1, 0.15) is 22.8 Å². The summed E-state index contributed by atoms with van der Waals surface area (Å²) >= 11 is 5.81. The zero-order valence-corrected chi connectivity index (χ0v) is 16.3. The lowest BCUT2D eigenvalue weighted by Gasteiger charge is -2.14. The van der Waals surface area contributed by atoms with Crippen molar-refractivity contribution in [2.75, 3.05) is 20.8 Å². The number of carbonyl (C=O) groups is 2. The number of hydrogen-bond donors (Lipinski definition) is 2. The van der Waals surface area contributed by atoms with Gasteiger partial charge in [0.2, 0.25) is 5.91 Å². The van der Waals surface area contributed by atoms with E-state index in [1.807, 2.05) is 18.2 Å². The van der Waals surface area contributed by atoms with E-state index < -0.39 is 6.04 Å². The third-order valence-corrected chi connectivity index (χ3v) is 4.26. The number of amides is 2. The first-order valence-electron chi connectivity index (χ1n) is 8.49. The maximum Gasteiger partial charge on any atom is 0.251 e. The summed E-state index contributed by atoms with van der Waals surface area (Å²) in [6, 6.07) is 11.4. The van der Waals surface area contributed by atoms with E-state index in [0.29, 0.717) is 35.1 Å². The van der Waals surface area contributed by atoms with Crippen LogP contribution in [-0.2, 0) is 11.2 Å². The van der Waals surface area contributed by atoms with Crippen molar-refractivity contribution in [3.8, 4) is 11.5 Å². The molecule has 2 N–H and O–H groups in total. The Bertz CT molecular complexity index is 793. The highest BCUT2D eigenvalue weighted by atomic mass is 35.5. The smallest absolute Gasteiger partial charge is 0.251 e. The summed E-state index contributed by atoms with van der Waals surface area (Å²) in [4.78, 5) is 24.3. The lowest BCUT2D eigenvalue weighted by Crippen LogP contribution is -2.45. The molecular weight excluding hydrogens is 368 g/mol. The normalized spacial score (nSPS) is 11.4. The molecule has 0 aliphatic carbocycles. The van der Waals surface area contributed by atoms with Gasteiger partial charge in [-0.2, -0.15) is 0 Å². The van der Waals surface area contributed by atoms with Gasteiger partial charge in [0, 0.05) is 17.1 Å². The number of carbonyl (C=O) groups excluding carboxylic acids is 2. The van der Waals surface area contributed by atoms with Gasteiger partial charge in [-0.05, 0) is 55.3 Å². The van der Waals surface area contributed by atoms with Crippen LogP contribution in [0.5, 0.6) is 11.5 Å². The van der Waals surface area contributed by atoms with Crippen LogP contribution in [0.2, 0.25) is 5.02 Å². The van der Waals surface area contributed by atoms with E-state index in [2.05, 4.69) is 10.6 Å². The van der Waals surface area contributed by atoms with Gasteiger partial charge in [-0.25, -0.2) is 0 Å². The van der Waals surface area contributed by atoms with Gasteiger partial charge in [0.1, 0.15) is 6.04 Å². The summed E-state index contributed by atoms with van der Waals surface area (Å²) in [7, 11) is 3.16. The van der Waals surface area contributed by atoms with Crippen LogP contribution in [0.25, 0.3) is 0 Å². The van der Waals surface area contributed by atoms with Crippen molar-refractivity contribution in [2.45, 2.75) is 19.4 Å². The molecule has 0 aliphatic rings. The molecule has 144 valence electrons. The van der Waals surface area contributed by atoms with Crippen LogP contribution in [0.15, 0.2) is 42.5 Å². The summed E-state index contributed by atoms with van der Waals surface area (Å²) in [6.45, 7) is 2.08. The first-order chi connectivity index (χ1) is 12.9. The van der Waals surface area contributed by atoms with Gasteiger partial charge in [-0.15, -0.1) is 0 Å². The highest BCUT2D eigenvalue weighted by Crippen LogP contribution is 2.27.